The molecule has 4 rings (SSSR count). The van der Waals surface area contributed by atoms with E-state index in [2.05, 4.69) is 40.4 Å². The molecule has 0 radical (unpaired) electrons. The van der Waals surface area contributed by atoms with E-state index in [1.54, 1.807) is 6.08 Å². The van der Waals surface area contributed by atoms with Gasteiger partial charge in [-0.1, -0.05) is 57.2 Å². The predicted molar refractivity (Wildman–Crippen MR) is 184 cm³/mol. The number of esters is 4. The summed E-state index contributed by atoms with van der Waals surface area (Å²) in [6.45, 7) is 18.6. The van der Waals surface area contributed by atoms with Gasteiger partial charge in [0.1, 0.15) is 37.1 Å². The topological polar surface area (TPSA) is 170 Å². The van der Waals surface area contributed by atoms with Gasteiger partial charge in [0.2, 0.25) is 0 Å². The van der Waals surface area contributed by atoms with Gasteiger partial charge in [-0.2, -0.15) is 0 Å². The second-order valence-corrected chi connectivity index (χ2v) is 19.1. The zero-order chi connectivity index (χ0) is 38.4. The van der Waals surface area contributed by atoms with Gasteiger partial charge in [-0.05, 0) is 18.1 Å². The Morgan fingerprint density at radius 2 is 1.42 bits per heavy atom. The van der Waals surface area contributed by atoms with Crippen LogP contribution in [0.15, 0.2) is 43.0 Å². The lowest BCUT2D eigenvalue weighted by molar-refractivity contribution is -0.390. The largest absolute Gasteiger partial charge is 0.463 e. The van der Waals surface area contributed by atoms with Crippen LogP contribution in [0.25, 0.3) is 0 Å². The summed E-state index contributed by atoms with van der Waals surface area (Å²) in [6, 6.07) is 9.43. The van der Waals surface area contributed by atoms with Crippen molar-refractivity contribution in [2.24, 2.45) is 0 Å². The third-order valence-electron chi connectivity index (χ3n) is 9.21. The average Bonchev–Trinajstić information content (AvgIpc) is 3.05. The molecule has 16 heteroatoms. The van der Waals surface area contributed by atoms with Gasteiger partial charge in [0, 0.05) is 33.3 Å². The number of ether oxygens (including phenoxy) is 10. The molecule has 0 spiro atoms. The minimum atomic E-state index is -2.63. The van der Waals surface area contributed by atoms with Crippen molar-refractivity contribution in [3.8, 4) is 0 Å². The Morgan fingerprint density at radius 3 is 2.00 bits per heavy atom. The number of rotatable bonds is 13. The van der Waals surface area contributed by atoms with Crippen molar-refractivity contribution in [1.29, 1.82) is 0 Å². The maximum atomic E-state index is 12.6. The molecule has 15 nitrogen and oxygen atoms in total. The van der Waals surface area contributed by atoms with Gasteiger partial charge in [0.25, 0.3) is 0 Å². The summed E-state index contributed by atoms with van der Waals surface area (Å²) in [5, 5.41) is -0.263. The van der Waals surface area contributed by atoms with E-state index in [-0.39, 0.29) is 18.3 Å². The summed E-state index contributed by atoms with van der Waals surface area (Å²) in [6.07, 6.45) is -10.8. The van der Waals surface area contributed by atoms with E-state index in [1.165, 1.54) is 6.92 Å². The number of hydrogen-bond acceptors (Lipinski definition) is 15. The monoisotopic (exact) mass is 752 g/mol. The number of hydrogen-bond donors (Lipinski definition) is 0. The van der Waals surface area contributed by atoms with E-state index in [1.807, 2.05) is 30.3 Å². The van der Waals surface area contributed by atoms with Gasteiger partial charge in [0.05, 0.1) is 13.2 Å². The van der Waals surface area contributed by atoms with Crippen LogP contribution in [0.2, 0.25) is 18.1 Å². The van der Waals surface area contributed by atoms with Crippen molar-refractivity contribution in [1.82, 2.24) is 0 Å². The fourth-order valence-corrected chi connectivity index (χ4v) is 7.17. The Bertz CT molecular complexity index is 1400. The molecular formula is C36H52O15Si. The molecule has 11 atom stereocenters. The van der Waals surface area contributed by atoms with Gasteiger partial charge >= 0.3 is 23.9 Å². The third kappa shape index (κ3) is 10.5. The molecule has 3 aliphatic rings. The Balaban J connectivity index is 1.82. The summed E-state index contributed by atoms with van der Waals surface area (Å²) in [4.78, 5) is 49.2. The third-order valence-corrected chi connectivity index (χ3v) is 13.7. The maximum absolute atomic E-state index is 12.6. The highest BCUT2D eigenvalue weighted by Gasteiger charge is 2.58. The van der Waals surface area contributed by atoms with E-state index < -0.39 is 107 Å². The van der Waals surface area contributed by atoms with Crippen LogP contribution in [-0.4, -0.2) is 113 Å². The van der Waals surface area contributed by atoms with Gasteiger partial charge in [-0.25, -0.2) is 0 Å². The minimum Gasteiger partial charge on any atom is -0.463 e. The van der Waals surface area contributed by atoms with Crippen molar-refractivity contribution in [2.45, 2.75) is 134 Å². The Morgan fingerprint density at radius 1 is 0.808 bits per heavy atom. The lowest BCUT2D eigenvalue weighted by Crippen LogP contribution is -2.69. The predicted octanol–water partition coefficient (Wildman–Crippen LogP) is 3.89. The first-order valence-corrected chi connectivity index (χ1v) is 20.2. The minimum absolute atomic E-state index is 0.0572. The van der Waals surface area contributed by atoms with Crippen LogP contribution in [0.3, 0.4) is 0 Å². The molecular weight excluding hydrogens is 700 g/mol. The molecule has 0 N–H and O–H groups in total. The molecule has 3 saturated heterocycles. The second-order valence-electron chi connectivity index (χ2n) is 14.4. The summed E-state index contributed by atoms with van der Waals surface area (Å²) in [5.41, 5.74) is 0.786. The van der Waals surface area contributed by atoms with Crippen molar-refractivity contribution >= 4 is 32.2 Å². The van der Waals surface area contributed by atoms with Crippen LogP contribution in [0.5, 0.6) is 0 Å². The first-order valence-electron chi connectivity index (χ1n) is 17.3. The number of carbonyl (C=O) groups excluding carboxylic acids is 4. The molecule has 52 heavy (non-hydrogen) atoms. The Labute approximate surface area is 305 Å². The Hall–Kier alpha value is -3.22. The van der Waals surface area contributed by atoms with E-state index in [9.17, 15) is 19.2 Å². The molecule has 3 fully saturated rings. The number of fused-ring (bicyclic) bond motifs is 1. The molecule has 290 valence electrons. The summed E-state index contributed by atoms with van der Waals surface area (Å²) >= 11 is 0. The smallest absolute Gasteiger partial charge is 0.303 e. The fraction of sp³-hybridized carbons (Fsp3) is 0.667. The van der Waals surface area contributed by atoms with E-state index in [0.717, 1.165) is 26.3 Å². The van der Waals surface area contributed by atoms with Crippen molar-refractivity contribution in [3.63, 3.8) is 0 Å². The quantitative estimate of drug-likeness (QED) is 0.123. The molecule has 3 aliphatic heterocycles. The average molecular weight is 753 g/mol. The molecule has 3 heterocycles. The van der Waals surface area contributed by atoms with Crippen molar-refractivity contribution < 1.29 is 71.0 Å². The van der Waals surface area contributed by atoms with Crippen LogP contribution < -0.4 is 0 Å². The first-order chi connectivity index (χ1) is 24.4. The van der Waals surface area contributed by atoms with Crippen molar-refractivity contribution in [2.75, 3.05) is 19.8 Å². The standard InChI is InChI=1S/C36H52O15Si/c1-11-17-41-34-32(30(51-52(9,10)36(6,7)8)28-26(47-34)19-43-33(49-28)24-15-13-12-14-16-24)50-35-31(46-23(5)40)29(45-22(4)39)27(44-21(3)38)25(48-35)18-42-20(2)37/h11-16,25-35H,1,17-19H2,2-10H3/t25-,26-,27-,28-,29+,30+,31-,32-,33?,34+,35+/m1/s1. The van der Waals surface area contributed by atoms with Crippen LogP contribution in [0, 0.1) is 0 Å². The summed E-state index contributed by atoms with van der Waals surface area (Å²) in [7, 11) is -2.63. The van der Waals surface area contributed by atoms with Gasteiger partial charge < -0.3 is 51.8 Å². The number of carbonyl (C=O) groups is 4. The van der Waals surface area contributed by atoms with Crippen molar-refractivity contribution in [3.05, 3.63) is 48.6 Å². The van der Waals surface area contributed by atoms with E-state index in [0.29, 0.717) is 0 Å². The van der Waals surface area contributed by atoms with Crippen LogP contribution in [0.4, 0.5) is 0 Å². The highest BCUT2D eigenvalue weighted by Crippen LogP contribution is 2.44. The van der Waals surface area contributed by atoms with Crippen LogP contribution in [-0.2, 0) is 71.0 Å². The lowest BCUT2D eigenvalue weighted by atomic mass is 9.96. The Kier molecular flexibility index (Phi) is 14.2. The van der Waals surface area contributed by atoms with Crippen LogP contribution >= 0.6 is 0 Å². The first kappa shape index (κ1) is 41.5. The molecule has 0 bridgehead atoms. The molecule has 0 aliphatic carbocycles. The lowest BCUT2D eigenvalue weighted by Gasteiger charge is -2.53. The highest BCUT2D eigenvalue weighted by molar-refractivity contribution is 6.74. The number of benzene rings is 1. The molecule has 1 unspecified atom stereocenters. The second kappa shape index (κ2) is 17.7. The zero-order valence-electron chi connectivity index (χ0n) is 31.3. The zero-order valence-corrected chi connectivity index (χ0v) is 32.3. The molecule has 1 aromatic carbocycles. The summed E-state index contributed by atoms with van der Waals surface area (Å²) in [5.74, 6) is -2.95. The molecule has 0 aromatic heterocycles. The SMILES string of the molecule is C=CCO[C@H]1O[C@@H]2COC(c3ccccc3)O[C@H]2[C@H](O[Si](C)(C)C(C)(C)C)[C@H]1O[C@@H]1O[C@H](COC(C)=O)[C@@H](OC(C)=O)[C@H](OC(C)=O)[C@H]1OC(C)=O. The molecule has 0 amide bonds. The van der Waals surface area contributed by atoms with E-state index >= 15 is 0 Å². The van der Waals surface area contributed by atoms with Gasteiger partial charge in [0.15, 0.2) is 45.5 Å². The van der Waals surface area contributed by atoms with Gasteiger partial charge in [-0.15, -0.1) is 6.58 Å². The van der Waals surface area contributed by atoms with Crippen LogP contribution in [0.1, 0.15) is 60.3 Å². The van der Waals surface area contributed by atoms with E-state index in [4.69, 9.17) is 51.8 Å². The maximum Gasteiger partial charge on any atom is 0.303 e. The fourth-order valence-electron chi connectivity index (χ4n) is 5.87. The highest BCUT2D eigenvalue weighted by atomic mass is 28.4. The normalized spacial score (nSPS) is 32.1. The summed E-state index contributed by atoms with van der Waals surface area (Å²) < 4.78 is 67.6. The van der Waals surface area contributed by atoms with Gasteiger partial charge in [-0.3, -0.25) is 19.2 Å². The molecule has 0 saturated carbocycles. The molecule has 1 aromatic rings.